The highest BCUT2D eigenvalue weighted by Crippen LogP contribution is 2.24. The summed E-state index contributed by atoms with van der Waals surface area (Å²) in [5, 5.41) is 0.483. The van der Waals surface area contributed by atoms with Gasteiger partial charge in [0.2, 0.25) is 10.0 Å². The molecule has 0 heterocycles. The minimum Gasteiger partial charge on any atom is -0.214 e. The van der Waals surface area contributed by atoms with Gasteiger partial charge in [-0.05, 0) is 25.2 Å². The highest BCUT2D eigenvalue weighted by Gasteiger charge is 2.15. The molecule has 0 aliphatic carbocycles. The zero-order chi connectivity index (χ0) is 10.1. The summed E-state index contributed by atoms with van der Waals surface area (Å²) in [5.41, 5.74) is 0. The molecule has 0 radical (unpaired) electrons. The maximum Gasteiger partial charge on any atom is 0.241 e. The van der Waals surface area contributed by atoms with Gasteiger partial charge in [-0.15, -0.1) is 0 Å². The van der Waals surface area contributed by atoms with Crippen molar-refractivity contribution < 1.29 is 8.42 Å². The average molecular weight is 240 g/mol. The smallest absolute Gasteiger partial charge is 0.214 e. The standard InChI is InChI=1S/C7H7Cl2NO2S/c1-10-13(11,12)7-4-5(8)2-3-6(7)9/h2-4,10H,1H3. The monoisotopic (exact) mass is 239 g/mol. The minimum atomic E-state index is -3.52. The summed E-state index contributed by atoms with van der Waals surface area (Å²) >= 11 is 11.3. The Balaban J connectivity index is 3.38. The molecule has 0 unspecified atom stereocenters. The van der Waals surface area contributed by atoms with Crippen molar-refractivity contribution in [3.63, 3.8) is 0 Å². The van der Waals surface area contributed by atoms with E-state index in [1.807, 2.05) is 0 Å². The largest absolute Gasteiger partial charge is 0.241 e. The summed E-state index contributed by atoms with van der Waals surface area (Å²) in [7, 11) is -2.21. The number of rotatable bonds is 2. The molecule has 0 amide bonds. The van der Waals surface area contributed by atoms with Gasteiger partial charge in [-0.3, -0.25) is 0 Å². The van der Waals surface area contributed by atoms with Crippen molar-refractivity contribution in [2.24, 2.45) is 0 Å². The van der Waals surface area contributed by atoms with E-state index in [0.717, 1.165) is 0 Å². The van der Waals surface area contributed by atoms with Gasteiger partial charge in [0.1, 0.15) is 4.90 Å². The zero-order valence-corrected chi connectivity index (χ0v) is 9.04. The van der Waals surface area contributed by atoms with E-state index in [1.165, 1.54) is 25.2 Å². The van der Waals surface area contributed by atoms with Gasteiger partial charge in [0.15, 0.2) is 0 Å². The SMILES string of the molecule is CNS(=O)(=O)c1cc(Cl)ccc1Cl. The summed E-state index contributed by atoms with van der Waals surface area (Å²) in [4.78, 5) is -0.0100. The quantitative estimate of drug-likeness (QED) is 0.858. The Morgan fingerprint density at radius 3 is 2.46 bits per heavy atom. The maximum atomic E-state index is 11.3. The second-order valence-electron chi connectivity index (χ2n) is 2.28. The van der Waals surface area contributed by atoms with Crippen LogP contribution < -0.4 is 4.72 Å². The fourth-order valence-electron chi connectivity index (χ4n) is 0.793. The van der Waals surface area contributed by atoms with Gasteiger partial charge >= 0.3 is 0 Å². The summed E-state index contributed by atoms with van der Waals surface area (Å²) in [6, 6.07) is 4.27. The Morgan fingerprint density at radius 2 is 1.92 bits per heavy atom. The summed E-state index contributed by atoms with van der Waals surface area (Å²) in [6.07, 6.45) is 0. The molecule has 1 aromatic carbocycles. The number of halogens is 2. The molecule has 0 atom stereocenters. The molecule has 0 aromatic heterocycles. The number of nitrogens with one attached hydrogen (secondary N) is 1. The van der Waals surface area contributed by atoms with Gasteiger partial charge < -0.3 is 0 Å². The molecule has 0 bridgehead atoms. The third kappa shape index (κ3) is 2.34. The maximum absolute atomic E-state index is 11.3. The van der Waals surface area contributed by atoms with Crippen LogP contribution in [0.4, 0.5) is 0 Å². The first kappa shape index (κ1) is 10.8. The van der Waals surface area contributed by atoms with Crippen LogP contribution in [-0.4, -0.2) is 15.5 Å². The number of benzene rings is 1. The predicted molar refractivity (Wildman–Crippen MR) is 52.7 cm³/mol. The molecule has 13 heavy (non-hydrogen) atoms. The number of sulfonamides is 1. The molecule has 1 aromatic rings. The Hall–Kier alpha value is -0.290. The lowest BCUT2D eigenvalue weighted by atomic mass is 10.4. The number of hydrogen-bond acceptors (Lipinski definition) is 2. The summed E-state index contributed by atoms with van der Waals surface area (Å²) in [6.45, 7) is 0. The van der Waals surface area contributed by atoms with Crippen molar-refractivity contribution in [3.05, 3.63) is 28.2 Å². The van der Waals surface area contributed by atoms with E-state index in [4.69, 9.17) is 23.2 Å². The van der Waals surface area contributed by atoms with Crippen LogP contribution in [0.1, 0.15) is 0 Å². The molecule has 0 saturated carbocycles. The van der Waals surface area contributed by atoms with E-state index >= 15 is 0 Å². The lowest BCUT2D eigenvalue weighted by molar-refractivity contribution is 0.588. The average Bonchev–Trinajstić information content (AvgIpc) is 2.09. The molecule has 1 N–H and O–H groups in total. The van der Waals surface area contributed by atoms with E-state index in [1.54, 1.807) is 0 Å². The Bertz CT molecular complexity index is 417. The van der Waals surface area contributed by atoms with Gasteiger partial charge in [-0.2, -0.15) is 0 Å². The third-order valence-corrected chi connectivity index (χ3v) is 3.58. The Morgan fingerprint density at radius 1 is 1.31 bits per heavy atom. The highest BCUT2D eigenvalue weighted by atomic mass is 35.5. The molecular weight excluding hydrogens is 233 g/mol. The zero-order valence-electron chi connectivity index (χ0n) is 6.71. The van der Waals surface area contributed by atoms with Crippen molar-refractivity contribution in [1.29, 1.82) is 0 Å². The normalized spacial score (nSPS) is 11.6. The Kier molecular flexibility index (Phi) is 3.18. The van der Waals surface area contributed by atoms with Crippen LogP contribution in [0, 0.1) is 0 Å². The van der Waals surface area contributed by atoms with Crippen LogP contribution in [-0.2, 0) is 10.0 Å². The van der Waals surface area contributed by atoms with Gasteiger partial charge in [-0.1, -0.05) is 23.2 Å². The topological polar surface area (TPSA) is 46.2 Å². The van der Waals surface area contributed by atoms with Crippen LogP contribution in [0.5, 0.6) is 0 Å². The Labute approximate surface area is 86.7 Å². The second-order valence-corrected chi connectivity index (χ2v) is 4.98. The first-order valence-electron chi connectivity index (χ1n) is 3.36. The van der Waals surface area contributed by atoms with E-state index < -0.39 is 10.0 Å². The lowest BCUT2D eigenvalue weighted by Crippen LogP contribution is -2.18. The lowest BCUT2D eigenvalue weighted by Gasteiger charge is -2.04. The van der Waals surface area contributed by atoms with Crippen LogP contribution in [0.3, 0.4) is 0 Å². The van der Waals surface area contributed by atoms with E-state index in [-0.39, 0.29) is 9.92 Å². The molecule has 6 heteroatoms. The molecule has 0 aliphatic heterocycles. The van der Waals surface area contributed by atoms with Gasteiger partial charge in [0, 0.05) is 5.02 Å². The van der Waals surface area contributed by atoms with Gasteiger partial charge in [-0.25, -0.2) is 13.1 Å². The van der Waals surface area contributed by atoms with E-state index in [9.17, 15) is 8.42 Å². The second kappa shape index (κ2) is 3.84. The van der Waals surface area contributed by atoms with Crippen molar-refractivity contribution in [3.8, 4) is 0 Å². The molecular formula is C7H7Cl2NO2S. The fourth-order valence-corrected chi connectivity index (χ4v) is 2.28. The number of hydrogen-bond donors (Lipinski definition) is 1. The fraction of sp³-hybridized carbons (Fsp3) is 0.143. The summed E-state index contributed by atoms with van der Waals surface area (Å²) < 4.78 is 24.8. The first-order valence-corrected chi connectivity index (χ1v) is 5.60. The van der Waals surface area contributed by atoms with E-state index in [0.29, 0.717) is 5.02 Å². The molecule has 0 fully saturated rings. The minimum absolute atomic E-state index is 0.0100. The van der Waals surface area contributed by atoms with Crippen molar-refractivity contribution in [2.75, 3.05) is 7.05 Å². The van der Waals surface area contributed by atoms with Crippen molar-refractivity contribution in [1.82, 2.24) is 4.72 Å². The first-order chi connectivity index (χ1) is 5.97. The van der Waals surface area contributed by atoms with Crippen LogP contribution in [0.25, 0.3) is 0 Å². The van der Waals surface area contributed by atoms with Crippen LogP contribution in [0.2, 0.25) is 10.0 Å². The molecule has 0 aliphatic rings. The van der Waals surface area contributed by atoms with Gasteiger partial charge in [0.25, 0.3) is 0 Å². The molecule has 72 valence electrons. The highest BCUT2D eigenvalue weighted by molar-refractivity contribution is 7.89. The molecule has 3 nitrogen and oxygen atoms in total. The van der Waals surface area contributed by atoms with Crippen molar-refractivity contribution in [2.45, 2.75) is 4.90 Å². The van der Waals surface area contributed by atoms with Gasteiger partial charge in [0.05, 0.1) is 5.02 Å². The van der Waals surface area contributed by atoms with Crippen molar-refractivity contribution >= 4 is 33.2 Å². The third-order valence-electron chi connectivity index (χ3n) is 1.45. The molecule has 0 spiro atoms. The molecule has 1 rings (SSSR count). The van der Waals surface area contributed by atoms with Crippen LogP contribution >= 0.6 is 23.2 Å². The predicted octanol–water partition coefficient (Wildman–Crippen LogP) is 1.90. The molecule has 0 saturated heterocycles. The summed E-state index contributed by atoms with van der Waals surface area (Å²) in [5.74, 6) is 0. The van der Waals surface area contributed by atoms with Crippen LogP contribution in [0.15, 0.2) is 23.1 Å². The van der Waals surface area contributed by atoms with E-state index in [2.05, 4.69) is 4.72 Å².